The van der Waals surface area contributed by atoms with Crippen molar-refractivity contribution in [1.82, 2.24) is 0 Å². The first-order valence-electron chi connectivity index (χ1n) is 5.08. The Labute approximate surface area is 114 Å². The fourth-order valence-electron chi connectivity index (χ4n) is 1.86. The van der Waals surface area contributed by atoms with Crippen molar-refractivity contribution in [2.24, 2.45) is 0 Å². The quantitative estimate of drug-likeness (QED) is 0.459. The monoisotopic (exact) mass is 318 g/mol. The molecule has 0 amide bonds. The lowest BCUT2D eigenvalue weighted by molar-refractivity contribution is 0.481. The lowest BCUT2D eigenvalue weighted by Crippen LogP contribution is -2.08. The second kappa shape index (κ2) is 4.31. The Morgan fingerprint density at radius 2 is 1.50 bits per heavy atom. The van der Waals surface area contributed by atoms with Crippen LogP contribution in [0.15, 0.2) is 34.1 Å². The maximum absolute atomic E-state index is 11.2. The SMILES string of the molecule is Nc1cc2cc(S(=O)(=O)O)ccc2c(N)c1S(=O)(=O)O. The van der Waals surface area contributed by atoms with E-state index >= 15 is 0 Å². The van der Waals surface area contributed by atoms with Gasteiger partial charge in [-0.2, -0.15) is 16.8 Å². The predicted molar refractivity (Wildman–Crippen MR) is 72.4 cm³/mol. The average molecular weight is 318 g/mol. The van der Waals surface area contributed by atoms with E-state index in [1.54, 1.807) is 0 Å². The Kier molecular flexibility index (Phi) is 3.13. The zero-order valence-electron chi connectivity index (χ0n) is 9.81. The lowest BCUT2D eigenvalue weighted by atomic mass is 10.1. The topological polar surface area (TPSA) is 161 Å². The van der Waals surface area contributed by atoms with Crippen LogP contribution in [0.4, 0.5) is 11.4 Å². The molecule has 20 heavy (non-hydrogen) atoms. The Balaban J connectivity index is 2.91. The van der Waals surface area contributed by atoms with Crippen LogP contribution in [0.5, 0.6) is 0 Å². The van der Waals surface area contributed by atoms with E-state index in [4.69, 9.17) is 20.6 Å². The van der Waals surface area contributed by atoms with Gasteiger partial charge in [0.25, 0.3) is 20.2 Å². The molecule has 2 rings (SSSR count). The molecule has 0 spiro atoms. The molecule has 0 aliphatic carbocycles. The summed E-state index contributed by atoms with van der Waals surface area (Å²) in [5, 5.41) is 0.391. The molecule has 2 aromatic rings. The predicted octanol–water partition coefficient (Wildman–Crippen LogP) is 0.498. The highest BCUT2D eigenvalue weighted by Gasteiger charge is 2.21. The summed E-state index contributed by atoms with van der Waals surface area (Å²) in [4.78, 5) is -1.02. The van der Waals surface area contributed by atoms with Crippen LogP contribution >= 0.6 is 0 Å². The standard InChI is InChI=1S/C10H10N2O6S2/c11-8-4-5-3-6(19(13,14)15)1-2-7(5)9(12)10(8)20(16,17)18/h1-4H,11-12H2,(H,13,14,15)(H,16,17,18). The minimum Gasteiger partial charge on any atom is -0.398 e. The molecule has 10 heteroatoms. The summed E-state index contributed by atoms with van der Waals surface area (Å²) in [6.45, 7) is 0. The molecule has 0 heterocycles. The van der Waals surface area contributed by atoms with Gasteiger partial charge in [0.15, 0.2) is 0 Å². The third-order valence-electron chi connectivity index (χ3n) is 2.69. The van der Waals surface area contributed by atoms with Crippen LogP contribution in [-0.4, -0.2) is 25.9 Å². The minimum atomic E-state index is -4.61. The molecular formula is C10H10N2O6S2. The Bertz CT molecular complexity index is 918. The van der Waals surface area contributed by atoms with Crippen molar-refractivity contribution in [2.45, 2.75) is 9.79 Å². The van der Waals surface area contributed by atoms with Crippen molar-refractivity contribution >= 4 is 42.4 Å². The molecule has 0 aromatic heterocycles. The van der Waals surface area contributed by atoms with Crippen molar-refractivity contribution < 1.29 is 25.9 Å². The number of benzene rings is 2. The maximum Gasteiger partial charge on any atom is 0.298 e. The number of rotatable bonds is 2. The van der Waals surface area contributed by atoms with E-state index in [0.717, 1.165) is 18.2 Å². The number of hydrogen-bond acceptors (Lipinski definition) is 6. The highest BCUT2D eigenvalue weighted by atomic mass is 32.2. The Hall–Kier alpha value is -1.88. The number of anilines is 2. The maximum atomic E-state index is 11.2. The molecule has 0 bridgehead atoms. The lowest BCUT2D eigenvalue weighted by Gasteiger charge is -2.10. The number of hydrogen-bond donors (Lipinski definition) is 4. The molecule has 6 N–H and O–H groups in total. The minimum absolute atomic E-state index is 0.180. The normalized spacial score (nSPS) is 12.7. The Morgan fingerprint density at radius 1 is 0.900 bits per heavy atom. The van der Waals surface area contributed by atoms with Crippen LogP contribution in [0.2, 0.25) is 0 Å². The van der Waals surface area contributed by atoms with Crippen LogP contribution in [0.3, 0.4) is 0 Å². The Morgan fingerprint density at radius 3 is 2.00 bits per heavy atom. The van der Waals surface area contributed by atoms with Crippen LogP contribution in [0, 0.1) is 0 Å². The van der Waals surface area contributed by atoms with Gasteiger partial charge in [0.1, 0.15) is 4.90 Å². The molecule has 0 saturated heterocycles. The number of nitrogen functional groups attached to an aromatic ring is 2. The second-order valence-electron chi connectivity index (χ2n) is 4.04. The fraction of sp³-hybridized carbons (Fsp3) is 0. The number of nitrogens with two attached hydrogens (primary N) is 2. The van der Waals surface area contributed by atoms with Gasteiger partial charge in [0, 0.05) is 5.39 Å². The molecule has 0 fully saturated rings. The van der Waals surface area contributed by atoms with E-state index in [-0.39, 0.29) is 27.0 Å². The van der Waals surface area contributed by atoms with Gasteiger partial charge in [-0.3, -0.25) is 9.11 Å². The van der Waals surface area contributed by atoms with E-state index in [1.165, 1.54) is 6.07 Å². The average Bonchev–Trinajstić information content (AvgIpc) is 2.24. The molecule has 0 saturated carbocycles. The largest absolute Gasteiger partial charge is 0.398 e. The first-order valence-corrected chi connectivity index (χ1v) is 7.96. The van der Waals surface area contributed by atoms with E-state index in [2.05, 4.69) is 0 Å². The summed E-state index contributed by atoms with van der Waals surface area (Å²) in [6, 6.07) is 4.49. The van der Waals surface area contributed by atoms with Gasteiger partial charge in [-0.15, -0.1) is 0 Å². The summed E-state index contributed by atoms with van der Waals surface area (Å²) >= 11 is 0. The molecule has 0 aliphatic rings. The molecule has 0 radical (unpaired) electrons. The second-order valence-corrected chi connectivity index (χ2v) is 6.82. The first kappa shape index (κ1) is 14.5. The van der Waals surface area contributed by atoms with Gasteiger partial charge < -0.3 is 11.5 Å². The van der Waals surface area contributed by atoms with Crippen LogP contribution < -0.4 is 11.5 Å². The van der Waals surface area contributed by atoms with Crippen molar-refractivity contribution in [2.75, 3.05) is 11.5 Å². The molecule has 2 aromatic carbocycles. The summed E-state index contributed by atoms with van der Waals surface area (Å²) in [5.74, 6) is 0. The molecule has 108 valence electrons. The van der Waals surface area contributed by atoms with Gasteiger partial charge in [0.05, 0.1) is 16.3 Å². The third kappa shape index (κ3) is 2.41. The van der Waals surface area contributed by atoms with E-state index < -0.39 is 25.1 Å². The zero-order valence-corrected chi connectivity index (χ0v) is 11.4. The van der Waals surface area contributed by atoms with Gasteiger partial charge in [-0.1, -0.05) is 6.07 Å². The van der Waals surface area contributed by atoms with Crippen molar-refractivity contribution in [3.8, 4) is 0 Å². The summed E-state index contributed by atoms with van der Waals surface area (Å²) < 4.78 is 62.5. The molecule has 8 nitrogen and oxygen atoms in total. The van der Waals surface area contributed by atoms with Gasteiger partial charge >= 0.3 is 0 Å². The van der Waals surface area contributed by atoms with Crippen LogP contribution in [0.25, 0.3) is 10.8 Å². The van der Waals surface area contributed by atoms with Crippen molar-refractivity contribution in [1.29, 1.82) is 0 Å². The van der Waals surface area contributed by atoms with E-state index in [0.29, 0.717) is 0 Å². The molecule has 0 atom stereocenters. The van der Waals surface area contributed by atoms with Crippen LogP contribution in [0.1, 0.15) is 0 Å². The van der Waals surface area contributed by atoms with E-state index in [1.807, 2.05) is 0 Å². The van der Waals surface area contributed by atoms with E-state index in [9.17, 15) is 16.8 Å². The summed E-state index contributed by atoms with van der Waals surface area (Å²) in [5.41, 5.74) is 10.5. The van der Waals surface area contributed by atoms with Gasteiger partial charge in [-0.25, -0.2) is 0 Å². The van der Waals surface area contributed by atoms with Crippen molar-refractivity contribution in [3.63, 3.8) is 0 Å². The summed E-state index contributed by atoms with van der Waals surface area (Å²) in [7, 11) is -9.02. The third-order valence-corrected chi connectivity index (χ3v) is 4.51. The van der Waals surface area contributed by atoms with Gasteiger partial charge in [0.2, 0.25) is 0 Å². The summed E-state index contributed by atoms with van der Waals surface area (Å²) in [6.07, 6.45) is 0. The van der Waals surface area contributed by atoms with Crippen LogP contribution in [-0.2, 0) is 20.2 Å². The van der Waals surface area contributed by atoms with Gasteiger partial charge in [-0.05, 0) is 23.6 Å². The smallest absolute Gasteiger partial charge is 0.298 e. The highest BCUT2D eigenvalue weighted by Crippen LogP contribution is 2.34. The first-order chi connectivity index (χ1) is 9.01. The zero-order chi connectivity index (χ0) is 15.3. The fourth-order valence-corrected chi connectivity index (χ4v) is 3.13. The molecular weight excluding hydrogens is 308 g/mol. The van der Waals surface area contributed by atoms with Crippen molar-refractivity contribution in [3.05, 3.63) is 24.3 Å². The molecule has 0 unspecified atom stereocenters. The number of fused-ring (bicyclic) bond motifs is 1. The highest BCUT2D eigenvalue weighted by molar-refractivity contribution is 7.86. The molecule has 0 aliphatic heterocycles.